The van der Waals surface area contributed by atoms with Crippen molar-refractivity contribution in [1.29, 1.82) is 0 Å². The third-order valence-electron chi connectivity index (χ3n) is 6.58. The standard InChI is InChI=1S/C25H32N2O4/c1-29-22-11-10-20(24(30-2)25(22)31-3)17-26-12-14-27(15-13-26)23(28)16-19-9-8-18-6-4-5-7-21(18)19/h4-7,10-11,19H,8-9,12-17H2,1-3H3. The number of hydrogen-bond donors (Lipinski definition) is 0. The van der Waals surface area contributed by atoms with E-state index >= 15 is 0 Å². The van der Waals surface area contributed by atoms with E-state index in [0.29, 0.717) is 29.6 Å². The molecule has 31 heavy (non-hydrogen) atoms. The number of hydrogen-bond acceptors (Lipinski definition) is 5. The molecule has 6 heteroatoms. The molecule has 1 unspecified atom stereocenters. The zero-order valence-corrected chi connectivity index (χ0v) is 18.7. The van der Waals surface area contributed by atoms with Gasteiger partial charge in [0, 0.05) is 44.7 Å². The number of fused-ring (bicyclic) bond motifs is 1. The Morgan fingerprint density at radius 3 is 2.39 bits per heavy atom. The molecule has 2 aromatic rings. The first-order valence-electron chi connectivity index (χ1n) is 11.0. The topological polar surface area (TPSA) is 51.2 Å². The van der Waals surface area contributed by atoms with Crippen molar-refractivity contribution >= 4 is 5.91 Å². The zero-order chi connectivity index (χ0) is 21.8. The number of carbonyl (C=O) groups is 1. The van der Waals surface area contributed by atoms with E-state index < -0.39 is 0 Å². The highest BCUT2D eigenvalue weighted by molar-refractivity contribution is 5.77. The van der Waals surface area contributed by atoms with Crippen LogP contribution in [0.15, 0.2) is 36.4 Å². The van der Waals surface area contributed by atoms with Gasteiger partial charge in [-0.2, -0.15) is 0 Å². The Labute approximate surface area is 184 Å². The monoisotopic (exact) mass is 424 g/mol. The average molecular weight is 425 g/mol. The highest BCUT2D eigenvalue weighted by Gasteiger charge is 2.28. The van der Waals surface area contributed by atoms with Crippen LogP contribution in [0, 0.1) is 0 Å². The fourth-order valence-corrected chi connectivity index (χ4v) is 4.88. The summed E-state index contributed by atoms with van der Waals surface area (Å²) in [5.41, 5.74) is 3.84. The lowest BCUT2D eigenvalue weighted by Crippen LogP contribution is -2.48. The Hall–Kier alpha value is -2.73. The highest BCUT2D eigenvalue weighted by Crippen LogP contribution is 2.40. The van der Waals surface area contributed by atoms with Crippen LogP contribution in [0.4, 0.5) is 0 Å². The zero-order valence-electron chi connectivity index (χ0n) is 18.7. The molecule has 1 saturated heterocycles. The molecule has 0 N–H and O–H groups in total. The number of aryl methyl sites for hydroxylation is 1. The molecular formula is C25H32N2O4. The average Bonchev–Trinajstić information content (AvgIpc) is 3.21. The number of piperazine rings is 1. The minimum absolute atomic E-state index is 0.282. The van der Waals surface area contributed by atoms with E-state index in [0.717, 1.165) is 51.1 Å². The van der Waals surface area contributed by atoms with E-state index in [2.05, 4.69) is 29.2 Å². The molecule has 1 aliphatic carbocycles. The third kappa shape index (κ3) is 4.49. The van der Waals surface area contributed by atoms with Crippen LogP contribution in [-0.2, 0) is 17.8 Å². The number of ether oxygens (including phenoxy) is 3. The van der Waals surface area contributed by atoms with E-state index in [9.17, 15) is 4.79 Å². The third-order valence-corrected chi connectivity index (χ3v) is 6.58. The molecule has 0 aromatic heterocycles. The molecule has 1 amide bonds. The summed E-state index contributed by atoms with van der Waals surface area (Å²) in [6, 6.07) is 12.5. The Kier molecular flexibility index (Phi) is 6.66. The Balaban J connectivity index is 1.34. The summed E-state index contributed by atoms with van der Waals surface area (Å²) in [6.45, 7) is 3.99. The van der Waals surface area contributed by atoms with Gasteiger partial charge in [-0.05, 0) is 36.0 Å². The maximum Gasteiger partial charge on any atom is 0.223 e. The summed E-state index contributed by atoms with van der Waals surface area (Å²) >= 11 is 0. The number of benzene rings is 2. The Morgan fingerprint density at radius 1 is 0.935 bits per heavy atom. The van der Waals surface area contributed by atoms with Crippen molar-refractivity contribution in [3.05, 3.63) is 53.1 Å². The summed E-state index contributed by atoms with van der Waals surface area (Å²) in [6.07, 6.45) is 2.81. The van der Waals surface area contributed by atoms with Gasteiger partial charge >= 0.3 is 0 Å². The van der Waals surface area contributed by atoms with E-state index in [1.54, 1.807) is 21.3 Å². The van der Waals surface area contributed by atoms with Crippen molar-refractivity contribution in [2.45, 2.75) is 31.7 Å². The SMILES string of the molecule is COc1ccc(CN2CCN(C(=O)CC3CCc4ccccc43)CC2)c(OC)c1OC. The van der Waals surface area contributed by atoms with E-state index in [-0.39, 0.29) is 5.91 Å². The van der Waals surface area contributed by atoms with Gasteiger partial charge in [-0.15, -0.1) is 0 Å². The second-order valence-electron chi connectivity index (χ2n) is 8.29. The van der Waals surface area contributed by atoms with Crippen LogP contribution in [0.1, 0.15) is 35.4 Å². The lowest BCUT2D eigenvalue weighted by atomic mass is 9.97. The molecule has 1 fully saturated rings. The van der Waals surface area contributed by atoms with Gasteiger partial charge in [0.05, 0.1) is 21.3 Å². The first kappa shape index (κ1) is 21.5. The molecule has 0 radical (unpaired) electrons. The van der Waals surface area contributed by atoms with Crippen molar-refractivity contribution in [1.82, 2.24) is 9.80 Å². The molecule has 1 aliphatic heterocycles. The second-order valence-corrected chi connectivity index (χ2v) is 8.29. The predicted octanol–water partition coefficient (Wildman–Crippen LogP) is 3.48. The number of rotatable bonds is 7. The molecule has 0 bridgehead atoms. The van der Waals surface area contributed by atoms with Crippen LogP contribution in [0.25, 0.3) is 0 Å². The van der Waals surface area contributed by atoms with Crippen molar-refractivity contribution in [3.8, 4) is 17.2 Å². The summed E-state index contributed by atoms with van der Waals surface area (Å²) < 4.78 is 16.5. The summed E-state index contributed by atoms with van der Waals surface area (Å²) in [5.74, 6) is 2.64. The Bertz CT molecular complexity index is 922. The number of nitrogens with zero attached hydrogens (tertiary/aromatic N) is 2. The fraction of sp³-hybridized carbons (Fsp3) is 0.480. The predicted molar refractivity (Wildman–Crippen MR) is 120 cm³/mol. The van der Waals surface area contributed by atoms with Gasteiger partial charge in [0.2, 0.25) is 11.7 Å². The molecule has 2 aliphatic rings. The summed E-state index contributed by atoms with van der Waals surface area (Å²) in [4.78, 5) is 17.3. The van der Waals surface area contributed by atoms with Crippen LogP contribution >= 0.6 is 0 Å². The van der Waals surface area contributed by atoms with Gasteiger partial charge in [-0.3, -0.25) is 9.69 Å². The second kappa shape index (κ2) is 9.60. The summed E-state index contributed by atoms with van der Waals surface area (Å²) in [5, 5.41) is 0. The lowest BCUT2D eigenvalue weighted by Gasteiger charge is -2.35. The summed E-state index contributed by atoms with van der Waals surface area (Å²) in [7, 11) is 4.90. The highest BCUT2D eigenvalue weighted by atomic mass is 16.5. The molecule has 4 rings (SSSR count). The molecule has 1 heterocycles. The molecule has 2 aromatic carbocycles. The van der Waals surface area contributed by atoms with Crippen molar-refractivity contribution < 1.29 is 19.0 Å². The number of carbonyl (C=O) groups excluding carboxylic acids is 1. The van der Waals surface area contributed by atoms with Gasteiger partial charge in [0.25, 0.3) is 0 Å². The first-order chi connectivity index (χ1) is 15.1. The van der Waals surface area contributed by atoms with Crippen molar-refractivity contribution in [2.24, 2.45) is 0 Å². The smallest absolute Gasteiger partial charge is 0.223 e. The normalized spacial score (nSPS) is 18.5. The molecule has 0 saturated carbocycles. The largest absolute Gasteiger partial charge is 0.493 e. The molecule has 0 spiro atoms. The van der Waals surface area contributed by atoms with E-state index in [1.807, 2.05) is 17.0 Å². The van der Waals surface area contributed by atoms with Gasteiger partial charge < -0.3 is 19.1 Å². The number of amides is 1. The van der Waals surface area contributed by atoms with Crippen LogP contribution in [-0.4, -0.2) is 63.2 Å². The van der Waals surface area contributed by atoms with E-state index in [4.69, 9.17) is 14.2 Å². The maximum atomic E-state index is 12.9. The number of methoxy groups -OCH3 is 3. The first-order valence-corrected chi connectivity index (χ1v) is 11.0. The van der Waals surface area contributed by atoms with Gasteiger partial charge in [0.15, 0.2) is 11.5 Å². The minimum Gasteiger partial charge on any atom is -0.493 e. The lowest BCUT2D eigenvalue weighted by molar-refractivity contribution is -0.133. The van der Waals surface area contributed by atoms with Crippen LogP contribution in [0.5, 0.6) is 17.2 Å². The van der Waals surface area contributed by atoms with Crippen LogP contribution in [0.3, 0.4) is 0 Å². The van der Waals surface area contributed by atoms with Crippen molar-refractivity contribution in [2.75, 3.05) is 47.5 Å². The molecular weight excluding hydrogens is 392 g/mol. The molecule has 166 valence electrons. The fourth-order valence-electron chi connectivity index (χ4n) is 4.88. The van der Waals surface area contributed by atoms with Gasteiger partial charge in [0.1, 0.15) is 0 Å². The Morgan fingerprint density at radius 2 is 1.68 bits per heavy atom. The van der Waals surface area contributed by atoms with Crippen LogP contribution in [0.2, 0.25) is 0 Å². The van der Waals surface area contributed by atoms with Gasteiger partial charge in [-0.1, -0.05) is 30.3 Å². The quantitative estimate of drug-likeness (QED) is 0.681. The van der Waals surface area contributed by atoms with Crippen LogP contribution < -0.4 is 14.2 Å². The maximum absolute atomic E-state index is 12.9. The molecule has 1 atom stereocenters. The van der Waals surface area contributed by atoms with Gasteiger partial charge in [-0.25, -0.2) is 0 Å². The van der Waals surface area contributed by atoms with Crippen molar-refractivity contribution in [3.63, 3.8) is 0 Å². The van der Waals surface area contributed by atoms with E-state index in [1.165, 1.54) is 11.1 Å². The molecule has 6 nitrogen and oxygen atoms in total. The minimum atomic E-state index is 0.282.